The van der Waals surface area contributed by atoms with Gasteiger partial charge in [-0.1, -0.05) is 83.8 Å². The Hall–Kier alpha value is -0.990. The van der Waals surface area contributed by atoms with Crippen LogP contribution in [0.15, 0.2) is 12.1 Å². The lowest BCUT2D eigenvalue weighted by Gasteiger charge is -2.30. The van der Waals surface area contributed by atoms with Crippen molar-refractivity contribution < 1.29 is 13.2 Å². The molecule has 1 aromatic rings. The molecule has 0 unspecified atom stereocenters. The SMILES string of the molecule is CCCC1CCC(CCCCc2ccc(C3CCC(CC)CC3)c(C(F)F)c2F)CC1. The molecule has 0 atom stereocenters. The lowest BCUT2D eigenvalue weighted by Crippen LogP contribution is -2.15. The molecule has 0 amide bonds. The van der Waals surface area contributed by atoms with E-state index in [0.717, 1.165) is 56.8 Å². The van der Waals surface area contributed by atoms with Crippen molar-refractivity contribution in [2.24, 2.45) is 17.8 Å². The Morgan fingerprint density at radius 3 is 2.00 bits per heavy atom. The molecule has 2 aliphatic carbocycles. The van der Waals surface area contributed by atoms with Crippen LogP contribution in [-0.2, 0) is 6.42 Å². The highest BCUT2D eigenvalue weighted by Gasteiger charge is 2.29. The van der Waals surface area contributed by atoms with Gasteiger partial charge in [-0.2, -0.15) is 0 Å². The summed E-state index contributed by atoms with van der Waals surface area (Å²) in [6.45, 7) is 4.47. The van der Waals surface area contributed by atoms with Gasteiger partial charge in [-0.3, -0.25) is 0 Å². The van der Waals surface area contributed by atoms with Crippen molar-refractivity contribution in [1.82, 2.24) is 0 Å². The van der Waals surface area contributed by atoms with Gasteiger partial charge in [0.15, 0.2) is 0 Å². The molecule has 3 rings (SSSR count). The van der Waals surface area contributed by atoms with Gasteiger partial charge in [0.25, 0.3) is 6.43 Å². The Morgan fingerprint density at radius 2 is 1.42 bits per heavy atom. The second-order valence-corrected chi connectivity index (χ2v) is 10.4. The zero-order valence-corrected chi connectivity index (χ0v) is 19.8. The Labute approximate surface area is 188 Å². The monoisotopic (exact) mass is 436 g/mol. The second-order valence-electron chi connectivity index (χ2n) is 10.4. The Morgan fingerprint density at radius 1 is 0.806 bits per heavy atom. The van der Waals surface area contributed by atoms with Gasteiger partial charge in [-0.15, -0.1) is 0 Å². The molecule has 3 heteroatoms. The predicted molar refractivity (Wildman–Crippen MR) is 124 cm³/mol. The van der Waals surface area contributed by atoms with Crippen LogP contribution in [0.1, 0.15) is 133 Å². The van der Waals surface area contributed by atoms with Crippen LogP contribution in [0.4, 0.5) is 13.2 Å². The molecule has 176 valence electrons. The third-order valence-corrected chi connectivity index (χ3v) is 8.35. The maximum Gasteiger partial charge on any atom is 0.266 e. The molecular formula is C28H43F3. The molecule has 0 aliphatic heterocycles. The molecule has 0 radical (unpaired) electrons. The standard InChI is InChI=1S/C28H43F3/c1-3-7-21-10-12-22(13-11-21)8-5-6-9-24-18-19-25(26(27(24)29)28(30)31)23-16-14-20(4-2)15-17-23/h18-23,28H,3-17H2,1-2H3. The summed E-state index contributed by atoms with van der Waals surface area (Å²) < 4.78 is 42.8. The summed E-state index contributed by atoms with van der Waals surface area (Å²) in [5.74, 6) is 1.93. The molecule has 0 N–H and O–H groups in total. The molecule has 2 aliphatic rings. The fraction of sp³-hybridized carbons (Fsp3) is 0.786. The molecule has 31 heavy (non-hydrogen) atoms. The van der Waals surface area contributed by atoms with Crippen LogP contribution in [-0.4, -0.2) is 0 Å². The molecule has 0 nitrogen and oxygen atoms in total. The zero-order valence-electron chi connectivity index (χ0n) is 19.8. The zero-order chi connectivity index (χ0) is 22.2. The second kappa shape index (κ2) is 12.3. The van der Waals surface area contributed by atoms with Crippen LogP contribution in [0, 0.1) is 23.6 Å². The average Bonchev–Trinajstić information content (AvgIpc) is 2.78. The molecular weight excluding hydrogens is 393 g/mol. The van der Waals surface area contributed by atoms with Crippen LogP contribution in [0.5, 0.6) is 0 Å². The number of unbranched alkanes of at least 4 members (excludes halogenated alkanes) is 1. The minimum absolute atomic E-state index is 0.0955. The summed E-state index contributed by atoms with van der Waals surface area (Å²) in [6, 6.07) is 3.63. The number of halogens is 3. The van der Waals surface area contributed by atoms with Crippen molar-refractivity contribution in [3.63, 3.8) is 0 Å². The van der Waals surface area contributed by atoms with Crippen LogP contribution in [0.3, 0.4) is 0 Å². The first-order chi connectivity index (χ1) is 15.0. The summed E-state index contributed by atoms with van der Waals surface area (Å²) in [5, 5.41) is 0. The van der Waals surface area contributed by atoms with Gasteiger partial charge < -0.3 is 0 Å². The first-order valence-electron chi connectivity index (χ1n) is 13.1. The molecule has 0 aromatic heterocycles. The summed E-state index contributed by atoms with van der Waals surface area (Å²) in [6.07, 6.45) is 14.3. The first-order valence-corrected chi connectivity index (χ1v) is 13.1. The lowest BCUT2D eigenvalue weighted by molar-refractivity contribution is 0.143. The third kappa shape index (κ3) is 6.75. The highest BCUT2D eigenvalue weighted by Crippen LogP contribution is 2.42. The van der Waals surface area contributed by atoms with Crippen LogP contribution in [0.2, 0.25) is 0 Å². The summed E-state index contributed by atoms with van der Waals surface area (Å²) in [5.41, 5.74) is 0.772. The maximum absolute atomic E-state index is 15.1. The van der Waals surface area contributed by atoms with Crippen molar-refractivity contribution in [1.29, 1.82) is 0 Å². The Balaban J connectivity index is 1.52. The van der Waals surface area contributed by atoms with E-state index in [2.05, 4.69) is 13.8 Å². The first kappa shape index (κ1) is 24.6. The van der Waals surface area contributed by atoms with Gasteiger partial charge in [0.05, 0.1) is 5.56 Å². The smallest absolute Gasteiger partial charge is 0.206 e. The number of hydrogen-bond acceptors (Lipinski definition) is 0. The van der Waals surface area contributed by atoms with Gasteiger partial charge in [0, 0.05) is 0 Å². The van der Waals surface area contributed by atoms with Crippen LogP contribution in [0.25, 0.3) is 0 Å². The number of hydrogen-bond donors (Lipinski definition) is 0. The Kier molecular flexibility index (Phi) is 9.78. The van der Waals surface area contributed by atoms with Crippen molar-refractivity contribution in [2.75, 3.05) is 0 Å². The molecule has 2 saturated carbocycles. The summed E-state index contributed by atoms with van der Waals surface area (Å²) >= 11 is 0. The molecule has 0 heterocycles. The lowest BCUT2D eigenvalue weighted by atomic mass is 9.76. The largest absolute Gasteiger partial charge is 0.266 e. The van der Waals surface area contributed by atoms with Crippen LogP contribution >= 0.6 is 0 Å². The van der Waals surface area contributed by atoms with Crippen molar-refractivity contribution >= 4 is 0 Å². The molecule has 2 fully saturated rings. The van der Waals surface area contributed by atoms with E-state index in [9.17, 15) is 8.78 Å². The van der Waals surface area contributed by atoms with Crippen molar-refractivity contribution in [2.45, 2.75) is 123 Å². The highest BCUT2D eigenvalue weighted by molar-refractivity contribution is 5.37. The number of benzene rings is 1. The fourth-order valence-electron chi connectivity index (χ4n) is 6.27. The quantitative estimate of drug-likeness (QED) is 0.320. The Bertz CT molecular complexity index is 652. The van der Waals surface area contributed by atoms with Gasteiger partial charge in [0.1, 0.15) is 5.82 Å². The minimum atomic E-state index is -2.72. The van der Waals surface area contributed by atoms with Gasteiger partial charge >= 0.3 is 0 Å². The van der Waals surface area contributed by atoms with Crippen molar-refractivity contribution in [3.8, 4) is 0 Å². The molecule has 1 aromatic carbocycles. The van der Waals surface area contributed by atoms with E-state index in [1.807, 2.05) is 6.07 Å². The predicted octanol–water partition coefficient (Wildman–Crippen LogP) is 9.77. The highest BCUT2D eigenvalue weighted by atomic mass is 19.3. The average molecular weight is 437 g/mol. The minimum Gasteiger partial charge on any atom is -0.206 e. The molecule has 0 saturated heterocycles. The molecule has 0 bridgehead atoms. The topological polar surface area (TPSA) is 0 Å². The summed E-state index contributed by atoms with van der Waals surface area (Å²) in [4.78, 5) is 0. The van der Waals surface area contributed by atoms with Gasteiger partial charge in [0.2, 0.25) is 0 Å². The van der Waals surface area contributed by atoms with E-state index in [1.54, 1.807) is 6.07 Å². The van der Waals surface area contributed by atoms with Gasteiger partial charge in [-0.25, -0.2) is 13.2 Å². The number of alkyl halides is 2. The van der Waals surface area contributed by atoms with Gasteiger partial charge in [-0.05, 0) is 73.3 Å². The van der Waals surface area contributed by atoms with E-state index in [-0.39, 0.29) is 11.5 Å². The summed E-state index contributed by atoms with van der Waals surface area (Å²) in [7, 11) is 0. The molecule has 0 spiro atoms. The number of rotatable bonds is 10. The van der Waals surface area contributed by atoms with E-state index >= 15 is 4.39 Å². The maximum atomic E-state index is 15.1. The van der Waals surface area contributed by atoms with E-state index in [4.69, 9.17) is 0 Å². The third-order valence-electron chi connectivity index (χ3n) is 8.35. The van der Waals surface area contributed by atoms with Crippen LogP contribution < -0.4 is 0 Å². The van der Waals surface area contributed by atoms with E-state index < -0.39 is 12.2 Å². The van der Waals surface area contributed by atoms with Crippen molar-refractivity contribution in [3.05, 3.63) is 34.6 Å². The van der Waals surface area contributed by atoms with E-state index in [0.29, 0.717) is 23.5 Å². The van der Waals surface area contributed by atoms with E-state index in [1.165, 1.54) is 44.9 Å². The fourth-order valence-corrected chi connectivity index (χ4v) is 6.27. The normalized spacial score (nSPS) is 27.0. The number of aryl methyl sites for hydroxylation is 1.